The molecule has 3 nitrogen and oxygen atoms in total. The van der Waals surface area contributed by atoms with Crippen LogP contribution in [-0.2, 0) is 0 Å². The molecule has 1 aliphatic heterocycles. The number of ketones is 1. The van der Waals surface area contributed by atoms with Crippen molar-refractivity contribution in [1.29, 1.82) is 0 Å². The molecule has 14 heavy (non-hydrogen) atoms. The molecule has 0 radical (unpaired) electrons. The summed E-state index contributed by atoms with van der Waals surface area (Å²) in [5.41, 5.74) is 5.72. The summed E-state index contributed by atoms with van der Waals surface area (Å²) < 4.78 is 18.4. The van der Waals surface area contributed by atoms with Crippen LogP contribution in [-0.4, -0.2) is 11.9 Å². The van der Waals surface area contributed by atoms with Crippen molar-refractivity contribution in [1.82, 2.24) is 0 Å². The number of carbonyl (C=O) groups excluding carboxylic acids is 1. The second kappa shape index (κ2) is 2.97. The van der Waals surface area contributed by atoms with E-state index in [0.717, 1.165) is 6.07 Å². The van der Waals surface area contributed by atoms with Gasteiger partial charge in [0.2, 0.25) is 0 Å². The Morgan fingerprint density at radius 2 is 2.29 bits per heavy atom. The van der Waals surface area contributed by atoms with Gasteiger partial charge in [-0.15, -0.1) is 0 Å². The fraction of sp³-hybridized carbons (Fsp3) is 0.300. The summed E-state index contributed by atoms with van der Waals surface area (Å²) in [5.74, 6) is -0.309. The Bertz CT molecular complexity index is 403. The first kappa shape index (κ1) is 8.99. The van der Waals surface area contributed by atoms with E-state index in [1.54, 1.807) is 6.92 Å². The average molecular weight is 195 g/mol. The van der Waals surface area contributed by atoms with Crippen LogP contribution >= 0.6 is 0 Å². The highest BCUT2D eigenvalue weighted by Crippen LogP contribution is 2.30. The van der Waals surface area contributed by atoms with Gasteiger partial charge < -0.3 is 10.5 Å². The number of fused-ring (bicyclic) bond motifs is 1. The maximum Gasteiger partial charge on any atom is 0.170 e. The number of hydrogen-bond acceptors (Lipinski definition) is 3. The minimum absolute atomic E-state index is 0.0183. The topological polar surface area (TPSA) is 52.3 Å². The van der Waals surface area contributed by atoms with Crippen LogP contribution in [0.15, 0.2) is 12.1 Å². The van der Waals surface area contributed by atoms with E-state index in [4.69, 9.17) is 10.5 Å². The van der Waals surface area contributed by atoms with Gasteiger partial charge in [0, 0.05) is 12.5 Å². The van der Waals surface area contributed by atoms with Gasteiger partial charge in [0.1, 0.15) is 17.7 Å². The minimum Gasteiger partial charge on any atom is -0.489 e. The molecule has 2 rings (SSSR count). The molecule has 1 aromatic rings. The van der Waals surface area contributed by atoms with Crippen molar-refractivity contribution in [2.75, 3.05) is 5.73 Å². The van der Waals surface area contributed by atoms with Crippen LogP contribution < -0.4 is 10.5 Å². The van der Waals surface area contributed by atoms with Gasteiger partial charge >= 0.3 is 0 Å². The summed E-state index contributed by atoms with van der Waals surface area (Å²) in [6.07, 6.45) is 0.121. The van der Waals surface area contributed by atoms with E-state index in [1.165, 1.54) is 6.07 Å². The number of hydrogen-bond donors (Lipinski definition) is 1. The first-order valence-corrected chi connectivity index (χ1v) is 4.37. The predicted octanol–water partition coefficient (Wildman–Crippen LogP) is 1.76. The molecule has 1 atom stereocenters. The molecule has 0 fully saturated rings. The minimum atomic E-state index is -0.550. The SMILES string of the molecule is CC1CC(=O)c2cc(N)c(F)cc2O1. The molecule has 74 valence electrons. The molecule has 0 saturated carbocycles. The molecule has 1 aromatic carbocycles. The van der Waals surface area contributed by atoms with E-state index in [2.05, 4.69) is 0 Å². The standard InChI is InChI=1S/C10H10FNO2/c1-5-2-9(13)6-3-8(12)7(11)4-10(6)14-5/h3-5H,2,12H2,1H3. The number of carbonyl (C=O) groups is 1. The van der Waals surface area contributed by atoms with Gasteiger partial charge in [-0.05, 0) is 13.0 Å². The third kappa shape index (κ3) is 1.32. The normalized spacial score (nSPS) is 20.1. The zero-order valence-electron chi connectivity index (χ0n) is 7.71. The fourth-order valence-electron chi connectivity index (χ4n) is 1.52. The molecular formula is C10H10FNO2. The number of ether oxygens (including phenoxy) is 1. The third-order valence-corrected chi connectivity index (χ3v) is 2.20. The van der Waals surface area contributed by atoms with Crippen LogP contribution in [0.3, 0.4) is 0 Å². The lowest BCUT2D eigenvalue weighted by Gasteiger charge is -2.22. The molecule has 0 aliphatic carbocycles. The Morgan fingerprint density at radius 1 is 1.57 bits per heavy atom. The zero-order chi connectivity index (χ0) is 10.3. The lowest BCUT2D eigenvalue weighted by atomic mass is 10.0. The number of nitrogens with two attached hydrogens (primary N) is 1. The smallest absolute Gasteiger partial charge is 0.170 e. The fourth-order valence-corrected chi connectivity index (χ4v) is 1.52. The Balaban J connectivity index is 2.55. The molecule has 2 N–H and O–H groups in total. The molecule has 0 saturated heterocycles. The molecule has 0 amide bonds. The van der Waals surface area contributed by atoms with Crippen LogP contribution in [0.2, 0.25) is 0 Å². The first-order valence-electron chi connectivity index (χ1n) is 4.37. The Kier molecular flexibility index (Phi) is 1.91. The van der Waals surface area contributed by atoms with Gasteiger partial charge in [0.15, 0.2) is 5.78 Å². The van der Waals surface area contributed by atoms with E-state index in [1.807, 2.05) is 0 Å². The Hall–Kier alpha value is -1.58. The van der Waals surface area contributed by atoms with E-state index >= 15 is 0 Å². The number of halogens is 1. The molecular weight excluding hydrogens is 185 g/mol. The van der Waals surface area contributed by atoms with Crippen molar-refractivity contribution >= 4 is 11.5 Å². The number of anilines is 1. The van der Waals surface area contributed by atoms with Crippen LogP contribution in [0.25, 0.3) is 0 Å². The highest BCUT2D eigenvalue weighted by molar-refractivity contribution is 6.00. The molecule has 1 aliphatic rings. The molecule has 4 heteroatoms. The molecule has 0 aromatic heterocycles. The lowest BCUT2D eigenvalue weighted by Crippen LogP contribution is -2.24. The first-order chi connectivity index (χ1) is 6.58. The van der Waals surface area contributed by atoms with Crippen molar-refractivity contribution in [3.05, 3.63) is 23.5 Å². The number of nitrogen functional groups attached to an aromatic ring is 1. The zero-order valence-corrected chi connectivity index (χ0v) is 7.71. The Morgan fingerprint density at radius 3 is 3.00 bits per heavy atom. The van der Waals surface area contributed by atoms with Gasteiger partial charge in [-0.25, -0.2) is 4.39 Å². The van der Waals surface area contributed by atoms with E-state index in [-0.39, 0.29) is 17.6 Å². The highest BCUT2D eigenvalue weighted by Gasteiger charge is 2.24. The predicted molar refractivity (Wildman–Crippen MR) is 49.8 cm³/mol. The van der Waals surface area contributed by atoms with Crippen molar-refractivity contribution in [2.45, 2.75) is 19.4 Å². The number of Topliss-reactive ketones (excluding diaryl/α,β-unsaturated/α-hetero) is 1. The lowest BCUT2D eigenvalue weighted by molar-refractivity contribution is 0.0870. The summed E-state index contributed by atoms with van der Waals surface area (Å²) >= 11 is 0. The van der Waals surface area contributed by atoms with Crippen molar-refractivity contribution < 1.29 is 13.9 Å². The van der Waals surface area contributed by atoms with Crippen LogP contribution in [0, 0.1) is 5.82 Å². The van der Waals surface area contributed by atoms with Gasteiger partial charge in [-0.2, -0.15) is 0 Å². The third-order valence-electron chi connectivity index (χ3n) is 2.20. The second-order valence-corrected chi connectivity index (χ2v) is 3.43. The van der Waals surface area contributed by atoms with Crippen molar-refractivity contribution in [3.8, 4) is 5.75 Å². The van der Waals surface area contributed by atoms with Crippen LogP contribution in [0.1, 0.15) is 23.7 Å². The van der Waals surface area contributed by atoms with Gasteiger partial charge in [-0.3, -0.25) is 4.79 Å². The van der Waals surface area contributed by atoms with Crippen molar-refractivity contribution in [3.63, 3.8) is 0 Å². The summed E-state index contributed by atoms with van der Waals surface area (Å²) in [7, 11) is 0. The number of benzene rings is 1. The van der Waals surface area contributed by atoms with Crippen LogP contribution in [0.4, 0.5) is 10.1 Å². The molecule has 0 bridgehead atoms. The molecule has 1 heterocycles. The average Bonchev–Trinajstić information content (AvgIpc) is 2.08. The quantitative estimate of drug-likeness (QED) is 0.642. The van der Waals surface area contributed by atoms with E-state index < -0.39 is 5.82 Å². The summed E-state index contributed by atoms with van der Waals surface area (Å²) in [6.45, 7) is 1.77. The van der Waals surface area contributed by atoms with E-state index in [0.29, 0.717) is 17.7 Å². The largest absolute Gasteiger partial charge is 0.489 e. The van der Waals surface area contributed by atoms with Crippen LogP contribution in [0.5, 0.6) is 5.75 Å². The maximum atomic E-state index is 13.0. The monoisotopic (exact) mass is 195 g/mol. The second-order valence-electron chi connectivity index (χ2n) is 3.43. The summed E-state index contributed by atoms with van der Waals surface area (Å²) in [4.78, 5) is 11.5. The molecule has 0 spiro atoms. The van der Waals surface area contributed by atoms with Crippen molar-refractivity contribution in [2.24, 2.45) is 0 Å². The van der Waals surface area contributed by atoms with Gasteiger partial charge in [0.25, 0.3) is 0 Å². The summed E-state index contributed by atoms with van der Waals surface area (Å²) in [6, 6.07) is 2.50. The maximum absolute atomic E-state index is 13.0. The number of rotatable bonds is 0. The van der Waals surface area contributed by atoms with Gasteiger partial charge in [0.05, 0.1) is 11.3 Å². The molecule has 1 unspecified atom stereocenters. The van der Waals surface area contributed by atoms with Gasteiger partial charge in [-0.1, -0.05) is 0 Å². The highest BCUT2D eigenvalue weighted by atomic mass is 19.1. The summed E-state index contributed by atoms with van der Waals surface area (Å²) in [5, 5.41) is 0. The Labute approximate surface area is 80.7 Å². The van der Waals surface area contributed by atoms with E-state index in [9.17, 15) is 9.18 Å².